The van der Waals surface area contributed by atoms with Crippen LogP contribution in [0.3, 0.4) is 0 Å². The number of nitrogens with zero attached hydrogens (tertiary/aromatic N) is 1. The average molecular weight is 374 g/mol. The van der Waals surface area contributed by atoms with E-state index >= 15 is 0 Å². The summed E-state index contributed by atoms with van der Waals surface area (Å²) in [6, 6.07) is 10.3. The fraction of sp³-hybridized carbons (Fsp3) is 0.250. The van der Waals surface area contributed by atoms with Crippen LogP contribution in [0, 0.1) is 5.82 Å². The molecule has 0 amide bonds. The maximum atomic E-state index is 13.9. The monoisotopic (exact) mass is 373 g/mol. The second kappa shape index (κ2) is 6.40. The molecule has 0 bridgehead atoms. The number of sulfonamides is 1. The van der Waals surface area contributed by atoms with Gasteiger partial charge in [-0.2, -0.15) is 4.31 Å². The van der Waals surface area contributed by atoms with E-state index in [1.807, 2.05) is 0 Å². The molecule has 0 radical (unpaired) electrons. The summed E-state index contributed by atoms with van der Waals surface area (Å²) in [7, 11) is -3.77. The summed E-state index contributed by atoms with van der Waals surface area (Å²) >= 11 is 11.8. The Morgan fingerprint density at radius 2 is 1.78 bits per heavy atom. The number of hydrogen-bond donors (Lipinski definition) is 0. The molecule has 0 spiro atoms. The molecular weight excluding hydrogens is 360 g/mol. The van der Waals surface area contributed by atoms with E-state index < -0.39 is 15.8 Å². The third-order valence-corrected chi connectivity index (χ3v) is 6.37. The molecule has 1 aliphatic rings. The van der Waals surface area contributed by atoms with Crippen LogP contribution in [0.25, 0.3) is 0 Å². The van der Waals surface area contributed by atoms with E-state index in [-0.39, 0.29) is 27.5 Å². The Kier molecular flexibility index (Phi) is 4.65. The third-order valence-electron chi connectivity index (χ3n) is 3.74. The smallest absolute Gasteiger partial charge is 0.207 e. The summed E-state index contributed by atoms with van der Waals surface area (Å²) in [4.78, 5) is 0.0649. The lowest BCUT2D eigenvalue weighted by Crippen LogP contribution is -2.33. The number of halogens is 3. The van der Waals surface area contributed by atoms with Crippen LogP contribution in [-0.4, -0.2) is 18.8 Å². The fourth-order valence-electron chi connectivity index (χ4n) is 2.34. The Hall–Kier alpha value is -1.14. The highest BCUT2D eigenvalue weighted by atomic mass is 35.5. The fourth-order valence-corrected chi connectivity index (χ4v) is 4.39. The van der Waals surface area contributed by atoms with Gasteiger partial charge >= 0.3 is 0 Å². The molecule has 1 fully saturated rings. The first-order valence-electron chi connectivity index (χ1n) is 7.10. The minimum atomic E-state index is -3.77. The SMILES string of the molecule is O=S(=O)(c1ccc(Cl)c(Cl)c1)N(Cc1ccccc1F)C1CC1. The van der Waals surface area contributed by atoms with Crippen LogP contribution < -0.4 is 0 Å². The molecule has 0 unspecified atom stereocenters. The van der Waals surface area contributed by atoms with Crippen molar-refractivity contribution in [3.8, 4) is 0 Å². The Balaban J connectivity index is 1.97. The van der Waals surface area contributed by atoms with Crippen molar-refractivity contribution < 1.29 is 12.8 Å². The van der Waals surface area contributed by atoms with Gasteiger partial charge in [0.25, 0.3) is 0 Å². The van der Waals surface area contributed by atoms with Crippen molar-refractivity contribution in [2.45, 2.75) is 30.3 Å². The largest absolute Gasteiger partial charge is 0.243 e. The van der Waals surface area contributed by atoms with Gasteiger partial charge in [-0.25, -0.2) is 12.8 Å². The summed E-state index contributed by atoms with van der Waals surface area (Å²) in [6.07, 6.45) is 1.55. The third kappa shape index (κ3) is 3.53. The maximum Gasteiger partial charge on any atom is 0.243 e. The Labute approximate surface area is 144 Å². The van der Waals surface area contributed by atoms with E-state index in [9.17, 15) is 12.8 Å². The molecule has 1 aliphatic carbocycles. The summed E-state index contributed by atoms with van der Waals surface area (Å²) in [5.74, 6) is -0.414. The van der Waals surface area contributed by atoms with Gasteiger partial charge in [0, 0.05) is 18.2 Å². The van der Waals surface area contributed by atoms with Crippen LogP contribution in [-0.2, 0) is 16.6 Å². The van der Waals surface area contributed by atoms with E-state index in [0.29, 0.717) is 5.56 Å². The molecule has 0 aliphatic heterocycles. The number of rotatable bonds is 5. The molecule has 122 valence electrons. The molecule has 2 aromatic carbocycles. The molecule has 2 aromatic rings. The van der Waals surface area contributed by atoms with Crippen molar-refractivity contribution in [1.82, 2.24) is 4.31 Å². The molecule has 23 heavy (non-hydrogen) atoms. The van der Waals surface area contributed by atoms with Gasteiger partial charge in [-0.3, -0.25) is 0 Å². The molecule has 0 aromatic heterocycles. The molecule has 0 atom stereocenters. The van der Waals surface area contributed by atoms with Crippen molar-refractivity contribution in [3.63, 3.8) is 0 Å². The van der Waals surface area contributed by atoms with Gasteiger partial charge < -0.3 is 0 Å². The zero-order valence-corrected chi connectivity index (χ0v) is 14.4. The van der Waals surface area contributed by atoms with Crippen LogP contribution in [0.2, 0.25) is 10.0 Å². The predicted octanol–water partition coefficient (Wildman–Crippen LogP) is 4.49. The molecule has 7 heteroatoms. The lowest BCUT2D eigenvalue weighted by Gasteiger charge is -2.22. The highest BCUT2D eigenvalue weighted by Gasteiger charge is 2.38. The van der Waals surface area contributed by atoms with Gasteiger partial charge in [0.15, 0.2) is 0 Å². The zero-order chi connectivity index (χ0) is 16.6. The van der Waals surface area contributed by atoms with Crippen LogP contribution >= 0.6 is 23.2 Å². The minimum Gasteiger partial charge on any atom is -0.207 e. The first-order chi connectivity index (χ1) is 10.9. The van der Waals surface area contributed by atoms with Gasteiger partial charge in [-0.15, -0.1) is 0 Å². The Morgan fingerprint density at radius 1 is 1.09 bits per heavy atom. The highest BCUT2D eigenvalue weighted by Crippen LogP contribution is 2.35. The highest BCUT2D eigenvalue weighted by molar-refractivity contribution is 7.89. The maximum absolute atomic E-state index is 13.9. The van der Waals surface area contributed by atoms with Gasteiger partial charge in [0.05, 0.1) is 14.9 Å². The van der Waals surface area contributed by atoms with Gasteiger partial charge in [-0.05, 0) is 37.1 Å². The number of hydrogen-bond acceptors (Lipinski definition) is 2. The first-order valence-corrected chi connectivity index (χ1v) is 9.29. The summed E-state index contributed by atoms with van der Waals surface area (Å²) in [5.41, 5.74) is 0.350. The van der Waals surface area contributed by atoms with E-state index in [2.05, 4.69) is 0 Å². The van der Waals surface area contributed by atoms with E-state index in [1.165, 1.54) is 28.6 Å². The summed E-state index contributed by atoms with van der Waals surface area (Å²) in [5, 5.41) is 0.465. The Morgan fingerprint density at radius 3 is 2.39 bits per heavy atom. The van der Waals surface area contributed by atoms with Gasteiger partial charge in [0.1, 0.15) is 5.82 Å². The second-order valence-corrected chi connectivity index (χ2v) is 8.15. The summed E-state index contributed by atoms with van der Waals surface area (Å²) < 4.78 is 41.0. The van der Waals surface area contributed by atoms with E-state index in [4.69, 9.17) is 23.2 Å². The van der Waals surface area contributed by atoms with Crippen molar-refractivity contribution in [1.29, 1.82) is 0 Å². The van der Waals surface area contributed by atoms with E-state index in [0.717, 1.165) is 12.8 Å². The van der Waals surface area contributed by atoms with Crippen molar-refractivity contribution in [2.75, 3.05) is 0 Å². The van der Waals surface area contributed by atoms with Crippen LogP contribution in [0.1, 0.15) is 18.4 Å². The topological polar surface area (TPSA) is 37.4 Å². The molecule has 3 rings (SSSR count). The van der Waals surface area contributed by atoms with Crippen LogP contribution in [0.15, 0.2) is 47.4 Å². The molecule has 1 saturated carbocycles. The standard InChI is InChI=1S/C16H14Cl2FNO2S/c17-14-8-7-13(9-15(14)18)23(21,22)20(12-5-6-12)10-11-3-1-2-4-16(11)19/h1-4,7-9,12H,5-6,10H2. The quantitative estimate of drug-likeness (QED) is 0.774. The molecule has 0 heterocycles. The first kappa shape index (κ1) is 16.7. The molecule has 0 N–H and O–H groups in total. The molecule has 0 saturated heterocycles. The van der Waals surface area contributed by atoms with Crippen molar-refractivity contribution in [2.24, 2.45) is 0 Å². The number of benzene rings is 2. The van der Waals surface area contributed by atoms with E-state index in [1.54, 1.807) is 18.2 Å². The van der Waals surface area contributed by atoms with Gasteiger partial charge in [-0.1, -0.05) is 41.4 Å². The predicted molar refractivity (Wildman–Crippen MR) is 88.6 cm³/mol. The van der Waals surface area contributed by atoms with Crippen LogP contribution in [0.5, 0.6) is 0 Å². The summed E-state index contributed by atoms with van der Waals surface area (Å²) in [6.45, 7) is -0.0000805. The molecular formula is C16H14Cl2FNO2S. The molecule has 3 nitrogen and oxygen atoms in total. The van der Waals surface area contributed by atoms with Crippen molar-refractivity contribution in [3.05, 3.63) is 63.9 Å². The minimum absolute atomic E-state index is 0.0000805. The van der Waals surface area contributed by atoms with Crippen molar-refractivity contribution >= 4 is 33.2 Å². The zero-order valence-electron chi connectivity index (χ0n) is 12.0. The Bertz CT molecular complexity index is 838. The van der Waals surface area contributed by atoms with Crippen LogP contribution in [0.4, 0.5) is 4.39 Å². The normalized spacial score (nSPS) is 15.1. The second-order valence-electron chi connectivity index (χ2n) is 5.45. The van der Waals surface area contributed by atoms with Gasteiger partial charge in [0.2, 0.25) is 10.0 Å². The average Bonchev–Trinajstić information content (AvgIpc) is 3.33. The lowest BCUT2D eigenvalue weighted by molar-refractivity contribution is 0.391. The lowest BCUT2D eigenvalue weighted by atomic mass is 10.2.